The number of nitrogens with zero attached hydrogens (tertiary/aromatic N) is 2. The van der Waals surface area contributed by atoms with Crippen molar-refractivity contribution in [3.63, 3.8) is 0 Å². The van der Waals surface area contributed by atoms with Crippen LogP contribution in [0.3, 0.4) is 0 Å². The van der Waals surface area contributed by atoms with E-state index in [0.717, 1.165) is 67.5 Å². The summed E-state index contributed by atoms with van der Waals surface area (Å²) in [4.78, 5) is 4.76. The van der Waals surface area contributed by atoms with Crippen LogP contribution in [0.25, 0.3) is 44.2 Å². The molecule has 1 heterocycles. The number of para-hydroxylation sites is 2. The van der Waals surface area contributed by atoms with Crippen molar-refractivity contribution in [2.75, 3.05) is 9.80 Å². The maximum absolute atomic E-state index is 7.20. The van der Waals surface area contributed by atoms with Crippen molar-refractivity contribution in [3.8, 4) is 44.9 Å². The summed E-state index contributed by atoms with van der Waals surface area (Å²) in [7, 11) is 0. The minimum absolute atomic E-state index is 0.111. The van der Waals surface area contributed by atoms with Gasteiger partial charge in [-0.25, -0.2) is 0 Å². The quantitative estimate of drug-likeness (QED) is 0.167. The van der Waals surface area contributed by atoms with E-state index in [1.165, 1.54) is 44.5 Å². The van der Waals surface area contributed by atoms with E-state index in [1.54, 1.807) is 0 Å². The first-order valence-corrected chi connectivity index (χ1v) is 21.3. The second-order valence-electron chi connectivity index (χ2n) is 17.7. The van der Waals surface area contributed by atoms with Gasteiger partial charge in [0.25, 0.3) is 0 Å². The van der Waals surface area contributed by atoms with Crippen molar-refractivity contribution in [1.29, 1.82) is 0 Å². The Bertz CT molecular complexity index is 3240. The second kappa shape index (κ2) is 13.1. The molecule has 0 saturated heterocycles. The van der Waals surface area contributed by atoms with Crippen molar-refractivity contribution in [1.82, 2.24) is 0 Å². The molecule has 3 nitrogen and oxygen atoms in total. The normalized spacial score (nSPS) is 14.3. The zero-order chi connectivity index (χ0) is 41.0. The third kappa shape index (κ3) is 5.23. The largest absolute Gasteiger partial charge is 0.454 e. The number of fused-ring (bicyclic) bond motifs is 8. The SMILES string of the molecule is CC1(C)c2ccccc2-c2ccc(N(c3ccccc3)c3ccc4c(c3)-c3cccc5ccc(N(c6ccccc6)c6ccc7c(c6)C(C)(C)c6ccccc6-7)c(c35)O4)cc21. The van der Waals surface area contributed by atoms with Crippen molar-refractivity contribution in [2.45, 2.75) is 38.5 Å². The van der Waals surface area contributed by atoms with Crippen LogP contribution in [-0.2, 0) is 10.8 Å². The van der Waals surface area contributed by atoms with Crippen LogP contribution in [-0.4, -0.2) is 0 Å². The van der Waals surface area contributed by atoms with E-state index in [2.05, 4.69) is 232 Å². The molecule has 9 aromatic carbocycles. The first-order valence-electron chi connectivity index (χ1n) is 21.3. The standard InChI is InChI=1S/C58H44N2O/c1-57(2)49-24-13-11-21-43(49)45-30-27-41(35-51(45)57)59(38-17-7-5-8-18-38)40-29-33-54-48(34-40)47-23-15-16-37-26-32-53(56(61-54)55(37)47)60(39-19-9-6-10-20-39)42-28-31-46-44-22-12-14-25-50(44)58(3,4)52(46)36-42/h5-36H,1-4H3. The van der Waals surface area contributed by atoms with Gasteiger partial charge in [0.2, 0.25) is 0 Å². The number of hydrogen-bond acceptors (Lipinski definition) is 3. The molecule has 0 spiro atoms. The molecule has 0 fully saturated rings. The van der Waals surface area contributed by atoms with E-state index < -0.39 is 0 Å². The molecule has 3 aliphatic rings. The molecule has 61 heavy (non-hydrogen) atoms. The van der Waals surface area contributed by atoms with Gasteiger partial charge in [-0.2, -0.15) is 0 Å². The van der Waals surface area contributed by atoms with Gasteiger partial charge in [0, 0.05) is 50.2 Å². The Balaban J connectivity index is 1.01. The number of ether oxygens (including phenoxy) is 1. The highest BCUT2D eigenvalue weighted by Gasteiger charge is 2.38. The summed E-state index contributed by atoms with van der Waals surface area (Å²) in [6.45, 7) is 9.38. The lowest BCUT2D eigenvalue weighted by molar-refractivity contribution is 0.488. The summed E-state index contributed by atoms with van der Waals surface area (Å²) in [5.74, 6) is 1.70. The van der Waals surface area contributed by atoms with E-state index in [9.17, 15) is 0 Å². The van der Waals surface area contributed by atoms with Gasteiger partial charge in [0.1, 0.15) is 5.75 Å². The van der Waals surface area contributed by atoms with Crippen LogP contribution in [0.1, 0.15) is 49.9 Å². The smallest absolute Gasteiger partial charge is 0.159 e. The number of rotatable bonds is 6. The number of benzene rings is 9. The average molecular weight is 785 g/mol. The molecule has 292 valence electrons. The van der Waals surface area contributed by atoms with Gasteiger partial charge in [-0.05, 0) is 128 Å². The highest BCUT2D eigenvalue weighted by atomic mass is 16.5. The Morgan fingerprint density at radius 3 is 1.46 bits per heavy atom. The zero-order valence-electron chi connectivity index (χ0n) is 34.8. The minimum Gasteiger partial charge on any atom is -0.454 e. The van der Waals surface area contributed by atoms with E-state index in [-0.39, 0.29) is 10.8 Å². The zero-order valence-corrected chi connectivity index (χ0v) is 34.8. The summed E-state index contributed by atoms with van der Waals surface area (Å²) in [6.07, 6.45) is 0. The molecule has 1 aliphatic heterocycles. The van der Waals surface area contributed by atoms with Gasteiger partial charge in [0.05, 0.1) is 5.69 Å². The van der Waals surface area contributed by atoms with E-state index in [4.69, 9.17) is 4.74 Å². The summed E-state index contributed by atoms with van der Waals surface area (Å²) in [5.41, 5.74) is 19.2. The van der Waals surface area contributed by atoms with Crippen LogP contribution < -0.4 is 14.5 Å². The molecule has 0 aromatic heterocycles. The van der Waals surface area contributed by atoms with Crippen molar-refractivity contribution in [2.24, 2.45) is 0 Å². The van der Waals surface area contributed by atoms with Crippen molar-refractivity contribution >= 4 is 44.9 Å². The van der Waals surface area contributed by atoms with Crippen molar-refractivity contribution < 1.29 is 4.74 Å². The molecular weight excluding hydrogens is 741 g/mol. The molecule has 3 heteroatoms. The fourth-order valence-electron chi connectivity index (χ4n) is 10.6. The maximum atomic E-state index is 7.20. The predicted molar refractivity (Wildman–Crippen MR) is 254 cm³/mol. The minimum atomic E-state index is -0.128. The fraction of sp³-hybridized carbons (Fsp3) is 0.103. The van der Waals surface area contributed by atoms with Gasteiger partial charge in [-0.1, -0.05) is 149 Å². The van der Waals surface area contributed by atoms with Crippen LogP contribution in [0.15, 0.2) is 194 Å². The molecule has 0 N–H and O–H groups in total. The first-order chi connectivity index (χ1) is 29.8. The fourth-order valence-corrected chi connectivity index (χ4v) is 10.6. The highest BCUT2D eigenvalue weighted by Crippen LogP contribution is 2.56. The second-order valence-corrected chi connectivity index (χ2v) is 17.7. The molecule has 0 unspecified atom stereocenters. The molecule has 0 radical (unpaired) electrons. The average Bonchev–Trinajstić information content (AvgIpc) is 3.67. The lowest BCUT2D eigenvalue weighted by Crippen LogP contribution is -2.17. The van der Waals surface area contributed by atoms with Gasteiger partial charge < -0.3 is 14.5 Å². The summed E-state index contributed by atoms with van der Waals surface area (Å²) >= 11 is 0. The first kappa shape index (κ1) is 35.6. The van der Waals surface area contributed by atoms with Crippen LogP contribution in [0.2, 0.25) is 0 Å². The predicted octanol–water partition coefficient (Wildman–Crippen LogP) is 16.2. The van der Waals surface area contributed by atoms with Gasteiger partial charge in [-0.15, -0.1) is 0 Å². The Labute approximate surface area is 357 Å². The van der Waals surface area contributed by atoms with E-state index >= 15 is 0 Å². The summed E-state index contributed by atoms with van der Waals surface area (Å²) in [6, 6.07) is 70.9. The molecule has 0 saturated carbocycles. The lowest BCUT2D eigenvalue weighted by atomic mass is 9.82. The van der Waals surface area contributed by atoms with Gasteiger partial charge in [-0.3, -0.25) is 0 Å². The topological polar surface area (TPSA) is 15.7 Å². The maximum Gasteiger partial charge on any atom is 0.159 e. The molecule has 0 bridgehead atoms. The van der Waals surface area contributed by atoms with Crippen LogP contribution in [0.5, 0.6) is 11.5 Å². The number of hydrogen-bond donors (Lipinski definition) is 0. The third-order valence-corrected chi connectivity index (χ3v) is 13.6. The van der Waals surface area contributed by atoms with Gasteiger partial charge >= 0.3 is 0 Å². The van der Waals surface area contributed by atoms with E-state index in [0.29, 0.717) is 0 Å². The lowest BCUT2D eigenvalue weighted by Gasteiger charge is -2.32. The Kier molecular flexibility index (Phi) is 7.62. The Morgan fingerprint density at radius 2 is 0.836 bits per heavy atom. The van der Waals surface area contributed by atoms with Crippen LogP contribution in [0.4, 0.5) is 34.1 Å². The Hall–Kier alpha value is -7.36. The molecule has 12 rings (SSSR count). The molecule has 9 aromatic rings. The Morgan fingerprint density at radius 1 is 0.344 bits per heavy atom. The van der Waals surface area contributed by atoms with Crippen LogP contribution >= 0.6 is 0 Å². The summed E-state index contributed by atoms with van der Waals surface area (Å²) < 4.78 is 7.20. The van der Waals surface area contributed by atoms with E-state index in [1.807, 2.05) is 0 Å². The van der Waals surface area contributed by atoms with Crippen molar-refractivity contribution in [3.05, 3.63) is 216 Å². The van der Waals surface area contributed by atoms with Crippen LogP contribution in [0, 0.1) is 0 Å². The molecule has 0 atom stereocenters. The van der Waals surface area contributed by atoms with Gasteiger partial charge in [0.15, 0.2) is 5.75 Å². The third-order valence-electron chi connectivity index (χ3n) is 13.6. The monoisotopic (exact) mass is 784 g/mol. The molecular formula is C58H44N2O. The molecule has 2 aliphatic carbocycles. The molecule has 0 amide bonds. The number of anilines is 6. The highest BCUT2D eigenvalue weighted by molar-refractivity contribution is 6.09. The summed E-state index contributed by atoms with van der Waals surface area (Å²) in [5, 5.41) is 2.26.